The topological polar surface area (TPSA) is 54.4 Å². The Kier molecular flexibility index (Phi) is 4.64. The summed E-state index contributed by atoms with van der Waals surface area (Å²) in [7, 11) is 0. The van der Waals surface area contributed by atoms with E-state index < -0.39 is 11.9 Å². The summed E-state index contributed by atoms with van der Waals surface area (Å²) >= 11 is 1.62. The summed E-state index contributed by atoms with van der Waals surface area (Å²) < 4.78 is 0. The molecule has 1 N–H and O–H groups in total. The molecule has 0 radical (unpaired) electrons. The van der Waals surface area contributed by atoms with Crippen LogP contribution >= 0.6 is 11.8 Å². The van der Waals surface area contributed by atoms with Crippen LogP contribution in [-0.2, 0) is 4.79 Å². The lowest BCUT2D eigenvalue weighted by Crippen LogP contribution is -2.32. The maximum atomic E-state index is 12.4. The number of hydrogen-bond acceptors (Lipinski definition) is 3. The second-order valence-electron chi connectivity index (χ2n) is 4.93. The van der Waals surface area contributed by atoms with Crippen molar-refractivity contribution in [3.05, 3.63) is 29.8 Å². The number of rotatable bonds is 4. The number of benzene rings is 1. The maximum Gasteiger partial charge on any atom is 0.307 e. The summed E-state index contributed by atoms with van der Waals surface area (Å²) in [5, 5.41) is 9.23. The van der Waals surface area contributed by atoms with Crippen LogP contribution in [0.5, 0.6) is 0 Å². The Bertz CT molecular complexity index is 467. The molecule has 2 rings (SSSR count). The molecule has 19 heavy (non-hydrogen) atoms. The highest BCUT2D eigenvalue weighted by atomic mass is 32.2. The molecule has 0 heterocycles. The summed E-state index contributed by atoms with van der Waals surface area (Å²) in [5.41, 5.74) is 0.635. The number of carboxylic acid groups (broad SMARTS) is 1. The molecule has 0 bridgehead atoms. The SMILES string of the molecule is CSc1ccc(C(=O)[C@H]2CCCC[C@H]2C(=O)O)cc1. The predicted octanol–water partition coefficient (Wildman–Crippen LogP) is 3.48. The molecule has 0 unspecified atom stereocenters. The molecule has 0 aromatic heterocycles. The van der Waals surface area contributed by atoms with Crippen molar-refractivity contribution in [2.75, 3.05) is 6.26 Å². The van der Waals surface area contributed by atoms with E-state index >= 15 is 0 Å². The lowest BCUT2D eigenvalue weighted by molar-refractivity contribution is -0.144. The van der Waals surface area contributed by atoms with Crippen molar-refractivity contribution in [1.82, 2.24) is 0 Å². The van der Waals surface area contributed by atoms with Crippen LogP contribution < -0.4 is 0 Å². The van der Waals surface area contributed by atoms with E-state index in [-0.39, 0.29) is 11.7 Å². The number of Topliss-reactive ketones (excluding diaryl/α,β-unsaturated/α-hetero) is 1. The summed E-state index contributed by atoms with van der Waals surface area (Å²) in [5.74, 6) is -1.72. The van der Waals surface area contributed by atoms with Gasteiger partial charge in [-0.3, -0.25) is 9.59 Å². The van der Waals surface area contributed by atoms with Crippen LogP contribution in [0.4, 0.5) is 0 Å². The van der Waals surface area contributed by atoms with Gasteiger partial charge < -0.3 is 5.11 Å². The average Bonchev–Trinajstić information content (AvgIpc) is 2.46. The third kappa shape index (κ3) is 3.18. The molecular weight excluding hydrogens is 260 g/mol. The number of ketones is 1. The van der Waals surface area contributed by atoms with E-state index in [2.05, 4.69) is 0 Å². The Morgan fingerprint density at radius 2 is 1.68 bits per heavy atom. The highest BCUT2D eigenvalue weighted by Gasteiger charge is 2.35. The molecule has 1 aliphatic carbocycles. The summed E-state index contributed by atoms with van der Waals surface area (Å²) in [4.78, 5) is 24.8. The second kappa shape index (κ2) is 6.24. The molecule has 4 heteroatoms. The first kappa shape index (κ1) is 14.1. The fourth-order valence-corrected chi connectivity index (χ4v) is 3.12. The molecule has 1 aromatic rings. The number of thioether (sulfide) groups is 1. The van der Waals surface area contributed by atoms with Crippen molar-refractivity contribution in [2.24, 2.45) is 11.8 Å². The molecule has 0 saturated heterocycles. The summed E-state index contributed by atoms with van der Waals surface area (Å²) in [6, 6.07) is 7.44. The van der Waals surface area contributed by atoms with Gasteiger partial charge in [-0.15, -0.1) is 11.8 Å². The molecule has 0 amide bonds. The van der Waals surface area contributed by atoms with Gasteiger partial charge in [-0.05, 0) is 31.2 Å². The Labute approximate surface area is 117 Å². The molecular formula is C15H18O3S. The van der Waals surface area contributed by atoms with Gasteiger partial charge in [-0.1, -0.05) is 25.0 Å². The number of carbonyl (C=O) groups excluding carboxylic acids is 1. The van der Waals surface area contributed by atoms with Crippen molar-refractivity contribution < 1.29 is 14.7 Å². The van der Waals surface area contributed by atoms with Crippen LogP contribution in [0, 0.1) is 11.8 Å². The maximum absolute atomic E-state index is 12.4. The molecule has 2 atom stereocenters. The zero-order valence-electron chi connectivity index (χ0n) is 11.0. The first-order valence-electron chi connectivity index (χ1n) is 6.54. The molecule has 1 fully saturated rings. The Balaban J connectivity index is 2.18. The van der Waals surface area contributed by atoms with E-state index in [1.807, 2.05) is 30.5 Å². The minimum absolute atomic E-state index is 0.0141. The number of hydrogen-bond donors (Lipinski definition) is 1. The minimum atomic E-state index is -0.834. The molecule has 1 aromatic carbocycles. The largest absolute Gasteiger partial charge is 0.481 e. The van der Waals surface area contributed by atoms with Crippen molar-refractivity contribution in [3.63, 3.8) is 0 Å². The second-order valence-corrected chi connectivity index (χ2v) is 5.81. The van der Waals surface area contributed by atoms with Gasteiger partial charge in [-0.25, -0.2) is 0 Å². The van der Waals surface area contributed by atoms with Crippen LogP contribution in [0.3, 0.4) is 0 Å². The first-order valence-corrected chi connectivity index (χ1v) is 7.77. The number of carbonyl (C=O) groups is 2. The van der Waals surface area contributed by atoms with Gasteiger partial charge in [0.1, 0.15) is 0 Å². The zero-order chi connectivity index (χ0) is 13.8. The van der Waals surface area contributed by atoms with E-state index in [1.54, 1.807) is 11.8 Å². The van der Waals surface area contributed by atoms with Crippen molar-refractivity contribution >= 4 is 23.5 Å². The van der Waals surface area contributed by atoms with E-state index in [9.17, 15) is 14.7 Å². The highest BCUT2D eigenvalue weighted by Crippen LogP contribution is 2.33. The monoisotopic (exact) mass is 278 g/mol. The van der Waals surface area contributed by atoms with Crippen LogP contribution in [0.2, 0.25) is 0 Å². The van der Waals surface area contributed by atoms with E-state index in [1.165, 1.54) is 0 Å². The van der Waals surface area contributed by atoms with Gasteiger partial charge in [-0.2, -0.15) is 0 Å². The van der Waals surface area contributed by atoms with E-state index in [0.29, 0.717) is 18.4 Å². The van der Waals surface area contributed by atoms with Gasteiger partial charge in [0.15, 0.2) is 5.78 Å². The fraction of sp³-hybridized carbons (Fsp3) is 0.467. The fourth-order valence-electron chi connectivity index (χ4n) is 2.71. The number of carboxylic acids is 1. The van der Waals surface area contributed by atoms with E-state index in [4.69, 9.17) is 0 Å². The van der Waals surface area contributed by atoms with Gasteiger partial charge in [0, 0.05) is 16.4 Å². The van der Waals surface area contributed by atoms with Crippen LogP contribution in [0.25, 0.3) is 0 Å². The predicted molar refractivity (Wildman–Crippen MR) is 75.6 cm³/mol. The minimum Gasteiger partial charge on any atom is -0.481 e. The van der Waals surface area contributed by atoms with Crippen molar-refractivity contribution in [2.45, 2.75) is 30.6 Å². The van der Waals surface area contributed by atoms with Crippen LogP contribution in [-0.4, -0.2) is 23.1 Å². The molecule has 0 spiro atoms. The molecule has 1 aliphatic rings. The van der Waals surface area contributed by atoms with Crippen LogP contribution in [0.1, 0.15) is 36.0 Å². The van der Waals surface area contributed by atoms with E-state index in [0.717, 1.165) is 17.7 Å². The summed E-state index contributed by atoms with van der Waals surface area (Å²) in [6.45, 7) is 0. The lowest BCUT2D eigenvalue weighted by Gasteiger charge is -2.27. The first-order chi connectivity index (χ1) is 9.13. The standard InChI is InChI=1S/C15H18O3S/c1-19-11-8-6-10(7-9-11)14(16)12-4-2-3-5-13(12)15(17)18/h6-9,12-13H,2-5H2,1H3,(H,17,18)/t12-,13+/m0/s1. The molecule has 1 saturated carbocycles. The Hall–Kier alpha value is -1.29. The lowest BCUT2D eigenvalue weighted by atomic mass is 9.75. The quantitative estimate of drug-likeness (QED) is 0.676. The van der Waals surface area contributed by atoms with Gasteiger partial charge in [0.05, 0.1) is 5.92 Å². The molecule has 102 valence electrons. The normalized spacial score (nSPS) is 23.0. The number of aliphatic carboxylic acids is 1. The van der Waals surface area contributed by atoms with Crippen LogP contribution in [0.15, 0.2) is 29.2 Å². The van der Waals surface area contributed by atoms with Crippen molar-refractivity contribution in [1.29, 1.82) is 0 Å². The third-order valence-electron chi connectivity index (χ3n) is 3.79. The highest BCUT2D eigenvalue weighted by molar-refractivity contribution is 7.98. The zero-order valence-corrected chi connectivity index (χ0v) is 11.8. The van der Waals surface area contributed by atoms with Crippen molar-refractivity contribution in [3.8, 4) is 0 Å². The molecule has 3 nitrogen and oxygen atoms in total. The summed E-state index contributed by atoms with van der Waals surface area (Å²) in [6.07, 6.45) is 5.16. The Morgan fingerprint density at radius 1 is 1.11 bits per heavy atom. The molecule has 0 aliphatic heterocycles. The van der Waals surface area contributed by atoms with Gasteiger partial charge in [0.25, 0.3) is 0 Å². The van der Waals surface area contributed by atoms with Gasteiger partial charge >= 0.3 is 5.97 Å². The Morgan fingerprint density at radius 3 is 2.21 bits per heavy atom. The third-order valence-corrected chi connectivity index (χ3v) is 4.54. The van der Waals surface area contributed by atoms with Gasteiger partial charge in [0.2, 0.25) is 0 Å². The smallest absolute Gasteiger partial charge is 0.307 e. The average molecular weight is 278 g/mol.